The number of aliphatic carboxylic acids is 1. The third kappa shape index (κ3) is 5.59. The van der Waals surface area contributed by atoms with E-state index in [1.165, 1.54) is 6.92 Å². The van der Waals surface area contributed by atoms with Crippen molar-refractivity contribution in [3.63, 3.8) is 0 Å². The lowest BCUT2D eigenvalue weighted by Gasteiger charge is -2.40. The molecule has 12 nitrogen and oxygen atoms in total. The third-order valence-electron chi connectivity index (χ3n) is 3.70. The van der Waals surface area contributed by atoms with E-state index in [4.69, 9.17) is 20.7 Å². The third-order valence-corrected chi connectivity index (χ3v) is 3.70. The van der Waals surface area contributed by atoms with Crippen LogP contribution in [0.5, 0.6) is 0 Å². The monoisotopic (exact) mass is 365 g/mol. The highest BCUT2D eigenvalue weighted by molar-refractivity contribution is 5.90. The highest BCUT2D eigenvalue weighted by Gasteiger charge is 2.44. The van der Waals surface area contributed by atoms with Crippen molar-refractivity contribution in [2.75, 3.05) is 6.61 Å². The number of amides is 2. The van der Waals surface area contributed by atoms with Gasteiger partial charge < -0.3 is 46.6 Å². The van der Waals surface area contributed by atoms with E-state index >= 15 is 0 Å². The van der Waals surface area contributed by atoms with Crippen molar-refractivity contribution >= 4 is 17.8 Å². The van der Waals surface area contributed by atoms with Gasteiger partial charge in [-0.25, -0.2) is 0 Å². The fraction of sp³-hybridized carbons (Fsp3) is 0.769. The van der Waals surface area contributed by atoms with E-state index in [9.17, 15) is 29.7 Å². The predicted molar refractivity (Wildman–Crippen MR) is 79.7 cm³/mol. The average Bonchev–Trinajstić information content (AvgIpc) is 2.54. The highest BCUT2D eigenvalue weighted by atomic mass is 16.6. The second kappa shape index (κ2) is 9.03. The number of ether oxygens (including phenoxy) is 1. The van der Waals surface area contributed by atoms with Gasteiger partial charge in [-0.05, 0) is 6.92 Å². The van der Waals surface area contributed by atoms with Crippen molar-refractivity contribution in [2.45, 2.75) is 56.1 Å². The summed E-state index contributed by atoms with van der Waals surface area (Å²) in [7, 11) is 0. The molecule has 7 unspecified atom stereocenters. The summed E-state index contributed by atoms with van der Waals surface area (Å²) in [4.78, 5) is 34.2. The number of carboxylic acids is 1. The number of nitrogens with two attached hydrogens (primary N) is 1. The molecule has 25 heavy (non-hydrogen) atoms. The minimum atomic E-state index is -1.70. The highest BCUT2D eigenvalue weighted by Crippen LogP contribution is 2.19. The number of hydrogen-bond donors (Lipinski definition) is 8. The lowest BCUT2D eigenvalue weighted by atomic mass is 9.97. The van der Waals surface area contributed by atoms with Crippen LogP contribution in [0.2, 0.25) is 0 Å². The van der Waals surface area contributed by atoms with E-state index in [1.807, 2.05) is 0 Å². The van der Waals surface area contributed by atoms with Gasteiger partial charge in [-0.15, -0.1) is 0 Å². The number of carbonyl (C=O) groups is 3. The van der Waals surface area contributed by atoms with E-state index in [0.717, 1.165) is 0 Å². The molecule has 0 aromatic carbocycles. The molecule has 0 radical (unpaired) electrons. The minimum Gasteiger partial charge on any atom is -0.480 e. The van der Waals surface area contributed by atoms with Crippen LogP contribution in [0.3, 0.4) is 0 Å². The largest absolute Gasteiger partial charge is 0.480 e. The number of carbonyl (C=O) groups excluding carboxylic acids is 2. The number of rotatable bonds is 7. The molecule has 0 aromatic rings. The van der Waals surface area contributed by atoms with Crippen LogP contribution in [-0.2, 0) is 19.1 Å². The predicted octanol–water partition coefficient (Wildman–Crippen LogP) is -4.79. The first-order valence-electron chi connectivity index (χ1n) is 7.47. The van der Waals surface area contributed by atoms with Crippen LogP contribution in [0, 0.1) is 0 Å². The number of nitrogens with one attached hydrogen (secondary N) is 2. The first kappa shape index (κ1) is 21.2. The molecule has 1 saturated heterocycles. The van der Waals surface area contributed by atoms with Crippen LogP contribution in [-0.4, -0.2) is 92.7 Å². The smallest absolute Gasteiger partial charge is 0.325 e. The van der Waals surface area contributed by atoms with Crippen LogP contribution in [0.15, 0.2) is 0 Å². The normalized spacial score (nSPS) is 31.7. The molecule has 1 rings (SSSR count). The molecule has 144 valence electrons. The van der Waals surface area contributed by atoms with E-state index in [-0.39, 0.29) is 0 Å². The Labute approximate surface area is 142 Å². The summed E-state index contributed by atoms with van der Waals surface area (Å²) in [6.45, 7) is 0.570. The average molecular weight is 365 g/mol. The van der Waals surface area contributed by atoms with Gasteiger partial charge in [-0.1, -0.05) is 0 Å². The molecule has 1 aliphatic rings. The Morgan fingerprint density at radius 2 is 1.80 bits per heavy atom. The maximum Gasteiger partial charge on any atom is 0.325 e. The fourth-order valence-corrected chi connectivity index (χ4v) is 2.17. The molecule has 12 heteroatoms. The Morgan fingerprint density at radius 1 is 1.20 bits per heavy atom. The summed E-state index contributed by atoms with van der Waals surface area (Å²) in [5.41, 5.74) is 5.51. The maximum absolute atomic E-state index is 11.9. The molecule has 1 heterocycles. The van der Waals surface area contributed by atoms with E-state index in [0.29, 0.717) is 0 Å². The number of aliphatic hydroxyl groups excluding tert-OH is 4. The van der Waals surface area contributed by atoms with Gasteiger partial charge >= 0.3 is 5.97 Å². The van der Waals surface area contributed by atoms with Gasteiger partial charge in [0.05, 0.1) is 19.1 Å². The second-order valence-corrected chi connectivity index (χ2v) is 5.70. The van der Waals surface area contributed by atoms with Crippen molar-refractivity contribution in [1.29, 1.82) is 0 Å². The van der Waals surface area contributed by atoms with Gasteiger partial charge in [0.1, 0.15) is 30.4 Å². The van der Waals surface area contributed by atoms with E-state index in [2.05, 4.69) is 10.6 Å². The van der Waals surface area contributed by atoms with Crippen LogP contribution < -0.4 is 16.4 Å². The Balaban J connectivity index is 2.58. The lowest BCUT2D eigenvalue weighted by Crippen LogP contribution is -2.64. The van der Waals surface area contributed by atoms with Crippen molar-refractivity contribution in [2.24, 2.45) is 5.73 Å². The van der Waals surface area contributed by atoms with Crippen LogP contribution in [0.1, 0.15) is 13.3 Å². The van der Waals surface area contributed by atoms with Gasteiger partial charge in [0.15, 0.2) is 6.29 Å². The van der Waals surface area contributed by atoms with Gasteiger partial charge in [-0.2, -0.15) is 0 Å². The van der Waals surface area contributed by atoms with Crippen molar-refractivity contribution < 1.29 is 44.7 Å². The van der Waals surface area contributed by atoms with Gasteiger partial charge in [-0.3, -0.25) is 14.4 Å². The summed E-state index contributed by atoms with van der Waals surface area (Å²) in [6.07, 6.45) is -6.65. The quantitative estimate of drug-likeness (QED) is 0.215. The Hall–Kier alpha value is -1.83. The lowest BCUT2D eigenvalue weighted by molar-refractivity contribution is -0.253. The van der Waals surface area contributed by atoms with E-state index in [1.54, 1.807) is 0 Å². The molecular weight excluding hydrogens is 342 g/mol. The first-order valence-corrected chi connectivity index (χ1v) is 7.47. The summed E-state index contributed by atoms with van der Waals surface area (Å²) >= 11 is 0. The molecule has 1 fully saturated rings. The van der Waals surface area contributed by atoms with Crippen LogP contribution in [0.4, 0.5) is 0 Å². The molecule has 9 N–H and O–H groups in total. The van der Waals surface area contributed by atoms with Crippen molar-refractivity contribution in [1.82, 2.24) is 10.6 Å². The van der Waals surface area contributed by atoms with Crippen molar-refractivity contribution in [3.8, 4) is 0 Å². The number of hydrogen-bond acceptors (Lipinski definition) is 9. The summed E-state index contributed by atoms with van der Waals surface area (Å²) in [5.74, 6) is -2.98. The minimum absolute atomic E-state index is 0.562. The molecule has 0 aliphatic carbocycles. The molecular formula is C13H23N3O9. The molecule has 2 amide bonds. The Bertz CT molecular complexity index is 503. The zero-order valence-corrected chi connectivity index (χ0v) is 13.4. The molecule has 0 spiro atoms. The number of aliphatic hydroxyl groups is 4. The molecule has 0 aromatic heterocycles. The van der Waals surface area contributed by atoms with Gasteiger partial charge in [0, 0.05) is 0 Å². The first-order chi connectivity index (χ1) is 11.6. The zero-order valence-electron chi connectivity index (χ0n) is 13.4. The second-order valence-electron chi connectivity index (χ2n) is 5.70. The SMILES string of the molecule is CC(NC(=O)C(N)CC(=O)NC1C(O)OC(CO)C(O)C1O)C(=O)O. The van der Waals surface area contributed by atoms with Gasteiger partial charge in [0.25, 0.3) is 0 Å². The van der Waals surface area contributed by atoms with Gasteiger partial charge in [0.2, 0.25) is 11.8 Å². The molecule has 1 aliphatic heterocycles. The summed E-state index contributed by atoms with van der Waals surface area (Å²) in [6, 6.07) is -3.96. The van der Waals surface area contributed by atoms with E-state index < -0.39 is 73.5 Å². The fourth-order valence-electron chi connectivity index (χ4n) is 2.17. The maximum atomic E-state index is 11.9. The summed E-state index contributed by atoms with van der Waals surface area (Å²) < 4.78 is 4.87. The van der Waals surface area contributed by atoms with Crippen LogP contribution in [0.25, 0.3) is 0 Å². The topological polar surface area (TPSA) is 212 Å². The van der Waals surface area contributed by atoms with Crippen LogP contribution >= 0.6 is 0 Å². The molecule has 0 bridgehead atoms. The Morgan fingerprint density at radius 3 is 2.32 bits per heavy atom. The number of carboxylic acid groups (broad SMARTS) is 1. The Kier molecular flexibility index (Phi) is 7.66. The van der Waals surface area contributed by atoms with Crippen molar-refractivity contribution in [3.05, 3.63) is 0 Å². The molecule has 7 atom stereocenters. The standard InChI is InChI=1S/C13H23N3O9/c1-4(12(22)23)15-11(21)5(14)2-7(18)16-8-10(20)9(19)6(3-17)25-13(8)24/h4-6,8-10,13,17,19-20,24H,2-3,14H2,1H3,(H,15,21)(H,16,18)(H,22,23). The molecule has 0 saturated carbocycles. The summed E-state index contributed by atoms with van der Waals surface area (Å²) in [5, 5.41) is 51.3. The zero-order chi connectivity index (χ0) is 19.3.